The summed E-state index contributed by atoms with van der Waals surface area (Å²) in [5.41, 5.74) is 8.49. The summed E-state index contributed by atoms with van der Waals surface area (Å²) in [5.74, 6) is -0.0495. The lowest BCUT2D eigenvalue weighted by atomic mass is 10.2. The monoisotopic (exact) mass is 243 g/mol. The average molecular weight is 243 g/mol. The molecule has 3 N–H and O–H groups in total. The number of hydrogen-bond donors (Lipinski definition) is 2. The first-order chi connectivity index (χ1) is 8.69. The summed E-state index contributed by atoms with van der Waals surface area (Å²) < 4.78 is 1.85. The lowest BCUT2D eigenvalue weighted by Crippen LogP contribution is -2.20. The maximum Gasteiger partial charge on any atom is 0.244 e. The van der Waals surface area contributed by atoms with E-state index < -0.39 is 0 Å². The van der Waals surface area contributed by atoms with E-state index in [0.717, 1.165) is 16.9 Å². The number of nitrogens with one attached hydrogen (secondary N) is 1. The topological polar surface area (TPSA) is 60.0 Å². The SMILES string of the molecule is Cc1cccc(NC(=O)Cn2cccc2CN)c1. The van der Waals surface area contributed by atoms with Crippen LogP contribution in [0.2, 0.25) is 0 Å². The van der Waals surface area contributed by atoms with Crippen molar-refractivity contribution in [2.45, 2.75) is 20.0 Å². The molecule has 2 aromatic rings. The Bertz CT molecular complexity index is 545. The van der Waals surface area contributed by atoms with Crippen molar-refractivity contribution in [3.8, 4) is 0 Å². The molecule has 4 heteroatoms. The summed E-state index contributed by atoms with van der Waals surface area (Å²) in [6.07, 6.45) is 1.86. The Morgan fingerprint density at radius 2 is 2.17 bits per heavy atom. The predicted molar refractivity (Wildman–Crippen MR) is 72.1 cm³/mol. The van der Waals surface area contributed by atoms with Gasteiger partial charge in [0, 0.05) is 24.1 Å². The number of anilines is 1. The number of rotatable bonds is 4. The molecule has 94 valence electrons. The second-order valence-corrected chi connectivity index (χ2v) is 4.25. The van der Waals surface area contributed by atoms with Crippen molar-refractivity contribution in [1.82, 2.24) is 4.57 Å². The predicted octanol–water partition coefficient (Wildman–Crippen LogP) is 1.89. The normalized spacial score (nSPS) is 10.3. The molecule has 18 heavy (non-hydrogen) atoms. The highest BCUT2D eigenvalue weighted by molar-refractivity contribution is 5.90. The maximum absolute atomic E-state index is 11.9. The molecule has 0 radical (unpaired) electrons. The van der Waals surface area contributed by atoms with Crippen LogP contribution in [-0.2, 0) is 17.9 Å². The number of carbonyl (C=O) groups is 1. The Balaban J connectivity index is 2.01. The molecule has 0 fully saturated rings. The lowest BCUT2D eigenvalue weighted by molar-refractivity contribution is -0.116. The van der Waals surface area contributed by atoms with Crippen LogP contribution in [0.25, 0.3) is 0 Å². The maximum atomic E-state index is 11.9. The van der Waals surface area contributed by atoms with Crippen LogP contribution < -0.4 is 11.1 Å². The van der Waals surface area contributed by atoms with Gasteiger partial charge in [0.05, 0.1) is 0 Å². The zero-order valence-electron chi connectivity index (χ0n) is 10.4. The van der Waals surface area contributed by atoms with Gasteiger partial charge in [-0.2, -0.15) is 0 Å². The van der Waals surface area contributed by atoms with Gasteiger partial charge in [0.15, 0.2) is 0 Å². The van der Waals surface area contributed by atoms with Crippen LogP contribution in [0.15, 0.2) is 42.6 Å². The lowest BCUT2D eigenvalue weighted by Gasteiger charge is -2.09. The van der Waals surface area contributed by atoms with Crippen LogP contribution in [0.1, 0.15) is 11.3 Å². The molecule has 0 aliphatic carbocycles. The number of nitrogens with two attached hydrogens (primary N) is 1. The molecule has 1 heterocycles. The number of carbonyl (C=O) groups excluding carboxylic acids is 1. The summed E-state index contributed by atoms with van der Waals surface area (Å²) >= 11 is 0. The Morgan fingerprint density at radius 1 is 1.33 bits per heavy atom. The van der Waals surface area contributed by atoms with E-state index >= 15 is 0 Å². The van der Waals surface area contributed by atoms with Crippen molar-refractivity contribution in [2.75, 3.05) is 5.32 Å². The number of aryl methyl sites for hydroxylation is 1. The first-order valence-electron chi connectivity index (χ1n) is 5.89. The van der Waals surface area contributed by atoms with Crippen LogP contribution in [-0.4, -0.2) is 10.5 Å². The van der Waals surface area contributed by atoms with Crippen LogP contribution >= 0.6 is 0 Å². The van der Waals surface area contributed by atoms with E-state index in [2.05, 4.69) is 5.32 Å². The molecule has 2 rings (SSSR count). The van der Waals surface area contributed by atoms with E-state index in [0.29, 0.717) is 6.54 Å². The van der Waals surface area contributed by atoms with Gasteiger partial charge in [-0.1, -0.05) is 12.1 Å². The van der Waals surface area contributed by atoms with Crippen LogP contribution in [0.5, 0.6) is 0 Å². The second kappa shape index (κ2) is 5.51. The van der Waals surface area contributed by atoms with Gasteiger partial charge in [-0.15, -0.1) is 0 Å². The van der Waals surface area contributed by atoms with Crippen LogP contribution in [0, 0.1) is 6.92 Å². The first kappa shape index (κ1) is 12.4. The zero-order chi connectivity index (χ0) is 13.0. The van der Waals surface area contributed by atoms with E-state index in [1.54, 1.807) is 0 Å². The van der Waals surface area contributed by atoms with Crippen molar-refractivity contribution in [2.24, 2.45) is 5.73 Å². The minimum absolute atomic E-state index is 0.0495. The highest BCUT2D eigenvalue weighted by Crippen LogP contribution is 2.10. The summed E-state index contributed by atoms with van der Waals surface area (Å²) in [4.78, 5) is 11.9. The van der Waals surface area contributed by atoms with Crippen molar-refractivity contribution in [1.29, 1.82) is 0 Å². The number of hydrogen-bond acceptors (Lipinski definition) is 2. The van der Waals surface area contributed by atoms with Gasteiger partial charge in [-0.05, 0) is 36.8 Å². The van der Waals surface area contributed by atoms with Gasteiger partial charge >= 0.3 is 0 Å². The smallest absolute Gasteiger partial charge is 0.244 e. The van der Waals surface area contributed by atoms with E-state index in [-0.39, 0.29) is 12.5 Å². The molecule has 0 aliphatic rings. The van der Waals surface area contributed by atoms with Crippen molar-refractivity contribution < 1.29 is 4.79 Å². The van der Waals surface area contributed by atoms with Crippen molar-refractivity contribution in [3.63, 3.8) is 0 Å². The highest BCUT2D eigenvalue weighted by atomic mass is 16.1. The summed E-state index contributed by atoms with van der Waals surface area (Å²) in [5, 5.41) is 2.87. The fraction of sp³-hybridized carbons (Fsp3) is 0.214. The molecule has 1 aromatic heterocycles. The quantitative estimate of drug-likeness (QED) is 0.861. The number of amides is 1. The first-order valence-corrected chi connectivity index (χ1v) is 5.89. The third-order valence-electron chi connectivity index (χ3n) is 2.75. The molecule has 1 aromatic carbocycles. The van der Waals surface area contributed by atoms with Gasteiger partial charge in [0.1, 0.15) is 6.54 Å². The molecule has 0 bridgehead atoms. The third-order valence-corrected chi connectivity index (χ3v) is 2.75. The van der Waals surface area contributed by atoms with Gasteiger partial charge in [0.25, 0.3) is 0 Å². The van der Waals surface area contributed by atoms with Crippen LogP contribution in [0.4, 0.5) is 5.69 Å². The third kappa shape index (κ3) is 2.99. The van der Waals surface area contributed by atoms with E-state index in [1.165, 1.54) is 0 Å². The van der Waals surface area contributed by atoms with Crippen LogP contribution in [0.3, 0.4) is 0 Å². The summed E-state index contributed by atoms with van der Waals surface area (Å²) in [7, 11) is 0. The Hall–Kier alpha value is -2.07. The van der Waals surface area contributed by atoms with E-state index in [4.69, 9.17) is 5.73 Å². The van der Waals surface area contributed by atoms with Gasteiger partial charge < -0.3 is 15.6 Å². The summed E-state index contributed by atoms with van der Waals surface area (Å²) in [6.45, 7) is 2.71. The highest BCUT2D eigenvalue weighted by Gasteiger charge is 2.05. The Morgan fingerprint density at radius 3 is 2.89 bits per heavy atom. The van der Waals surface area contributed by atoms with E-state index in [1.807, 2.05) is 54.1 Å². The van der Waals surface area contributed by atoms with E-state index in [9.17, 15) is 4.79 Å². The van der Waals surface area contributed by atoms with Gasteiger partial charge in [-0.3, -0.25) is 4.79 Å². The molecule has 0 spiro atoms. The molecular formula is C14H17N3O. The second-order valence-electron chi connectivity index (χ2n) is 4.25. The fourth-order valence-electron chi connectivity index (χ4n) is 1.87. The van der Waals surface area contributed by atoms with Crippen molar-refractivity contribution >= 4 is 11.6 Å². The molecular weight excluding hydrogens is 226 g/mol. The summed E-state index contributed by atoms with van der Waals surface area (Å²) in [6, 6.07) is 11.5. The Kier molecular flexibility index (Phi) is 3.79. The molecule has 4 nitrogen and oxygen atoms in total. The van der Waals surface area contributed by atoms with Crippen molar-refractivity contribution in [3.05, 3.63) is 53.9 Å². The molecule has 0 saturated carbocycles. The number of aromatic nitrogens is 1. The minimum atomic E-state index is -0.0495. The van der Waals surface area contributed by atoms with Gasteiger partial charge in [-0.25, -0.2) is 0 Å². The Labute approximate surface area is 106 Å². The molecule has 0 unspecified atom stereocenters. The number of benzene rings is 1. The van der Waals surface area contributed by atoms with Gasteiger partial charge in [0.2, 0.25) is 5.91 Å². The minimum Gasteiger partial charge on any atom is -0.341 e. The molecule has 0 saturated heterocycles. The standard InChI is InChI=1S/C14H17N3O/c1-11-4-2-5-12(8-11)16-14(18)10-17-7-3-6-13(17)9-15/h2-8H,9-10,15H2,1H3,(H,16,18). The largest absolute Gasteiger partial charge is 0.341 e. The molecule has 0 atom stereocenters. The fourth-order valence-corrected chi connectivity index (χ4v) is 1.87. The molecule has 1 amide bonds. The zero-order valence-corrected chi connectivity index (χ0v) is 10.4. The number of nitrogens with zero attached hydrogens (tertiary/aromatic N) is 1. The molecule has 0 aliphatic heterocycles. The average Bonchev–Trinajstić information content (AvgIpc) is 2.76.